The number of hydrogen-bond donors (Lipinski definition) is 0. The number of methoxy groups -OCH3 is 1. The molecular formula is C23H23N5O5. The molecule has 33 heavy (non-hydrogen) atoms. The summed E-state index contributed by atoms with van der Waals surface area (Å²) >= 11 is 0. The fourth-order valence-corrected chi connectivity index (χ4v) is 4.29. The fourth-order valence-electron chi connectivity index (χ4n) is 4.29. The van der Waals surface area contributed by atoms with Gasteiger partial charge in [-0.25, -0.2) is 4.63 Å². The van der Waals surface area contributed by atoms with Crippen LogP contribution in [-0.4, -0.2) is 35.4 Å². The van der Waals surface area contributed by atoms with Crippen LogP contribution in [0.2, 0.25) is 0 Å². The number of anilines is 2. The summed E-state index contributed by atoms with van der Waals surface area (Å²) in [5, 5.41) is 20.0. The first-order valence-electron chi connectivity index (χ1n) is 10.7. The van der Waals surface area contributed by atoms with Crippen LogP contribution < -0.4 is 14.5 Å². The lowest BCUT2D eigenvalue weighted by Gasteiger charge is -2.26. The molecule has 0 bridgehead atoms. The molecule has 2 aromatic carbocycles. The molecule has 3 heterocycles. The van der Waals surface area contributed by atoms with Crippen LogP contribution in [0.25, 0.3) is 11.0 Å². The number of fused-ring (bicyclic) bond motifs is 1. The van der Waals surface area contributed by atoms with Gasteiger partial charge in [-0.05, 0) is 59.1 Å². The van der Waals surface area contributed by atoms with E-state index in [0.29, 0.717) is 30.0 Å². The third-order valence-corrected chi connectivity index (χ3v) is 5.90. The molecule has 1 aliphatic heterocycles. The second-order valence-electron chi connectivity index (χ2n) is 7.96. The van der Waals surface area contributed by atoms with Gasteiger partial charge < -0.3 is 19.0 Å². The molecule has 10 heteroatoms. The number of rotatable bonds is 8. The lowest BCUT2D eigenvalue weighted by Crippen LogP contribution is -2.24. The third-order valence-electron chi connectivity index (χ3n) is 5.90. The van der Waals surface area contributed by atoms with Crippen molar-refractivity contribution in [1.29, 1.82) is 0 Å². The number of furan rings is 1. The molecule has 170 valence electrons. The van der Waals surface area contributed by atoms with Gasteiger partial charge >= 0.3 is 5.69 Å². The summed E-state index contributed by atoms with van der Waals surface area (Å²) in [6, 6.07) is 13.3. The first-order valence-corrected chi connectivity index (χ1v) is 10.7. The monoisotopic (exact) mass is 449 g/mol. The van der Waals surface area contributed by atoms with Crippen molar-refractivity contribution in [2.24, 2.45) is 0 Å². The van der Waals surface area contributed by atoms with Gasteiger partial charge in [0.15, 0.2) is 5.52 Å². The van der Waals surface area contributed by atoms with E-state index >= 15 is 0 Å². The predicted octanol–water partition coefficient (Wildman–Crippen LogP) is 4.54. The van der Waals surface area contributed by atoms with Gasteiger partial charge in [0.1, 0.15) is 17.2 Å². The molecular weight excluding hydrogens is 426 g/mol. The van der Waals surface area contributed by atoms with E-state index in [1.165, 1.54) is 0 Å². The summed E-state index contributed by atoms with van der Waals surface area (Å²) in [7, 11) is 1.63. The Morgan fingerprint density at radius 2 is 1.88 bits per heavy atom. The van der Waals surface area contributed by atoms with Crippen LogP contribution in [0.4, 0.5) is 17.1 Å². The Morgan fingerprint density at radius 1 is 1.12 bits per heavy atom. The topological polar surface area (TPSA) is 111 Å². The van der Waals surface area contributed by atoms with E-state index in [9.17, 15) is 10.1 Å². The van der Waals surface area contributed by atoms with Crippen LogP contribution in [0.1, 0.15) is 24.2 Å². The maximum Gasteiger partial charge on any atom is 0.323 e. The number of nitro groups is 1. The molecule has 10 nitrogen and oxygen atoms in total. The fraction of sp³-hybridized carbons (Fsp3) is 0.304. The number of aromatic nitrogens is 2. The first-order chi connectivity index (χ1) is 16.1. The Labute approximate surface area is 189 Å². The van der Waals surface area contributed by atoms with Crippen molar-refractivity contribution in [3.63, 3.8) is 0 Å². The normalized spacial score (nSPS) is 13.5. The zero-order valence-corrected chi connectivity index (χ0v) is 18.1. The van der Waals surface area contributed by atoms with Crippen molar-refractivity contribution < 1.29 is 18.7 Å². The maximum absolute atomic E-state index is 12.0. The van der Waals surface area contributed by atoms with Gasteiger partial charge in [-0.2, -0.15) is 0 Å². The molecule has 0 amide bonds. The van der Waals surface area contributed by atoms with Crippen LogP contribution in [0.5, 0.6) is 5.75 Å². The van der Waals surface area contributed by atoms with Gasteiger partial charge in [-0.3, -0.25) is 10.1 Å². The van der Waals surface area contributed by atoms with Crippen molar-refractivity contribution in [1.82, 2.24) is 10.3 Å². The molecule has 1 fully saturated rings. The zero-order chi connectivity index (χ0) is 22.8. The number of benzene rings is 2. The third kappa shape index (κ3) is 4.07. The van der Waals surface area contributed by atoms with E-state index in [0.717, 1.165) is 43.0 Å². The summed E-state index contributed by atoms with van der Waals surface area (Å²) in [6.07, 6.45) is 3.60. The summed E-state index contributed by atoms with van der Waals surface area (Å²) in [4.78, 5) is 15.7. The lowest BCUT2D eigenvalue weighted by atomic mass is 10.1. The van der Waals surface area contributed by atoms with Crippen LogP contribution in [0, 0.1) is 10.1 Å². The van der Waals surface area contributed by atoms with Crippen molar-refractivity contribution in [2.75, 3.05) is 30.0 Å². The van der Waals surface area contributed by atoms with Gasteiger partial charge in [-0.15, -0.1) is 0 Å². The van der Waals surface area contributed by atoms with E-state index in [-0.39, 0.29) is 11.2 Å². The Morgan fingerprint density at radius 3 is 2.55 bits per heavy atom. The highest BCUT2D eigenvalue weighted by Crippen LogP contribution is 2.42. The minimum Gasteiger partial charge on any atom is -0.497 e. The molecule has 0 radical (unpaired) electrons. The second-order valence-corrected chi connectivity index (χ2v) is 7.96. The summed E-state index contributed by atoms with van der Waals surface area (Å²) in [5.74, 6) is 1.53. The zero-order valence-electron chi connectivity index (χ0n) is 18.1. The highest BCUT2D eigenvalue weighted by molar-refractivity contribution is 6.00. The van der Waals surface area contributed by atoms with Crippen molar-refractivity contribution in [3.05, 3.63) is 70.2 Å². The smallest absolute Gasteiger partial charge is 0.323 e. The molecule has 0 aliphatic carbocycles. The van der Waals surface area contributed by atoms with Gasteiger partial charge in [-0.1, -0.05) is 12.1 Å². The molecule has 1 aliphatic rings. The van der Waals surface area contributed by atoms with Crippen molar-refractivity contribution in [2.45, 2.75) is 25.9 Å². The molecule has 1 saturated heterocycles. The predicted molar refractivity (Wildman–Crippen MR) is 121 cm³/mol. The van der Waals surface area contributed by atoms with Gasteiger partial charge in [0.05, 0.1) is 30.5 Å². The molecule has 0 spiro atoms. The van der Waals surface area contributed by atoms with Gasteiger partial charge in [0.2, 0.25) is 5.52 Å². The molecule has 2 aromatic heterocycles. The Hall–Kier alpha value is -4.08. The molecule has 5 rings (SSSR count). The standard InChI is InChI=1S/C23H23N5O5/c1-31-17-8-6-16(7-9-17)14-27(15-18-5-4-12-32-18)19-13-20(26-10-2-3-11-26)23(28(29)30)22-21(19)24-33-25-22/h4-9,12-13H,2-3,10-11,14-15H2,1H3. The van der Waals surface area contributed by atoms with Crippen molar-refractivity contribution in [3.8, 4) is 5.75 Å². The average molecular weight is 449 g/mol. The van der Waals surface area contributed by atoms with E-state index < -0.39 is 4.92 Å². The van der Waals surface area contributed by atoms with E-state index in [1.54, 1.807) is 13.4 Å². The first kappa shape index (κ1) is 20.8. The number of ether oxygens (including phenoxy) is 1. The minimum absolute atomic E-state index is 0.0701. The summed E-state index contributed by atoms with van der Waals surface area (Å²) in [6.45, 7) is 2.48. The molecule has 4 aromatic rings. The van der Waals surface area contributed by atoms with Gasteiger partial charge in [0, 0.05) is 19.6 Å². The van der Waals surface area contributed by atoms with Crippen molar-refractivity contribution >= 4 is 28.1 Å². The van der Waals surface area contributed by atoms with Crippen LogP contribution >= 0.6 is 0 Å². The average Bonchev–Trinajstić information content (AvgIpc) is 3.60. The summed E-state index contributed by atoms with van der Waals surface area (Å²) in [5.41, 5.74) is 2.71. The number of hydrogen-bond acceptors (Lipinski definition) is 9. The van der Waals surface area contributed by atoms with Crippen LogP contribution in [0.3, 0.4) is 0 Å². The van der Waals surface area contributed by atoms with Crippen LogP contribution in [0.15, 0.2) is 57.8 Å². The largest absolute Gasteiger partial charge is 0.497 e. The van der Waals surface area contributed by atoms with E-state index in [4.69, 9.17) is 13.8 Å². The highest BCUT2D eigenvalue weighted by Gasteiger charge is 2.31. The number of nitrogens with zero attached hydrogens (tertiary/aromatic N) is 5. The maximum atomic E-state index is 12.0. The molecule has 0 N–H and O–H groups in total. The molecule has 0 saturated carbocycles. The van der Waals surface area contributed by atoms with Gasteiger partial charge in [0.25, 0.3) is 0 Å². The second kappa shape index (κ2) is 8.81. The van der Waals surface area contributed by atoms with E-state index in [1.807, 2.05) is 47.4 Å². The quantitative estimate of drug-likeness (QED) is 0.283. The summed E-state index contributed by atoms with van der Waals surface area (Å²) < 4.78 is 15.9. The highest BCUT2D eigenvalue weighted by atomic mass is 16.6. The SMILES string of the molecule is COc1ccc(CN(Cc2ccco2)c2cc(N3CCCC3)c([N+](=O)[O-])c3nonc23)cc1. The Balaban J connectivity index is 1.63. The number of nitro benzene ring substituents is 1. The van der Waals surface area contributed by atoms with Crippen LogP contribution in [-0.2, 0) is 13.1 Å². The van der Waals surface area contributed by atoms with E-state index in [2.05, 4.69) is 15.2 Å². The Kier molecular flexibility index (Phi) is 5.55. The Bertz CT molecular complexity index is 1250. The lowest BCUT2D eigenvalue weighted by molar-refractivity contribution is -0.382. The molecule has 0 unspecified atom stereocenters. The minimum atomic E-state index is -0.399. The molecule has 0 atom stereocenters.